The second-order valence-electron chi connectivity index (χ2n) is 2.78. The summed E-state index contributed by atoms with van der Waals surface area (Å²) in [5.74, 6) is 0.0401. The summed E-state index contributed by atoms with van der Waals surface area (Å²) in [6.07, 6.45) is -1.29. The summed E-state index contributed by atoms with van der Waals surface area (Å²) in [7, 11) is -4.31. The Labute approximate surface area is 97.6 Å². The number of rotatable bonds is 5. The summed E-state index contributed by atoms with van der Waals surface area (Å²) < 4.78 is 44.3. The monoisotopic (exact) mass is 263 g/mol. The molecule has 6 nitrogen and oxygen atoms in total. The van der Waals surface area contributed by atoms with Crippen molar-refractivity contribution in [2.24, 2.45) is 0 Å². The number of hydrogen-bond donors (Lipinski definition) is 1. The van der Waals surface area contributed by atoms with Crippen molar-refractivity contribution < 1.29 is 26.5 Å². The molecule has 0 aliphatic carbocycles. The SMILES string of the molecule is O=C(NS(=O)(=O)Oc1ccccc1)OCCF. The number of nitrogens with one attached hydrogen (secondary N) is 1. The predicted octanol–water partition coefficient (Wildman–Crippen LogP) is 1.01. The Hall–Kier alpha value is -1.83. The van der Waals surface area contributed by atoms with E-state index in [0.717, 1.165) is 0 Å². The number of halogens is 1. The molecule has 0 atom stereocenters. The van der Waals surface area contributed by atoms with Gasteiger partial charge in [0.25, 0.3) is 0 Å². The normalized spacial score (nSPS) is 10.6. The fraction of sp³-hybridized carbons (Fsp3) is 0.222. The largest absolute Gasteiger partial charge is 0.446 e. The molecule has 0 radical (unpaired) electrons. The molecule has 0 fully saturated rings. The lowest BCUT2D eigenvalue weighted by molar-refractivity contribution is 0.143. The molecule has 1 amide bonds. The van der Waals surface area contributed by atoms with Crippen LogP contribution in [-0.4, -0.2) is 27.8 Å². The van der Waals surface area contributed by atoms with Crippen LogP contribution < -0.4 is 8.91 Å². The van der Waals surface area contributed by atoms with Crippen LogP contribution in [-0.2, 0) is 15.0 Å². The van der Waals surface area contributed by atoms with Crippen molar-refractivity contribution in [2.45, 2.75) is 0 Å². The fourth-order valence-corrected chi connectivity index (χ4v) is 1.56. The Morgan fingerprint density at radius 2 is 1.94 bits per heavy atom. The molecule has 1 aromatic rings. The van der Waals surface area contributed by atoms with Gasteiger partial charge in [-0.3, -0.25) is 0 Å². The van der Waals surface area contributed by atoms with Crippen LogP contribution in [0.2, 0.25) is 0 Å². The van der Waals surface area contributed by atoms with Gasteiger partial charge in [0.1, 0.15) is 19.0 Å². The highest BCUT2D eigenvalue weighted by Crippen LogP contribution is 2.10. The maximum absolute atomic E-state index is 11.6. The smallest absolute Gasteiger partial charge is 0.423 e. The van der Waals surface area contributed by atoms with E-state index in [-0.39, 0.29) is 5.75 Å². The van der Waals surface area contributed by atoms with Crippen molar-refractivity contribution in [1.82, 2.24) is 4.72 Å². The molecule has 1 rings (SSSR count). The molecule has 17 heavy (non-hydrogen) atoms. The summed E-state index contributed by atoms with van der Waals surface area (Å²) in [5, 5.41) is 0. The molecule has 8 heteroatoms. The highest BCUT2D eigenvalue weighted by molar-refractivity contribution is 7.85. The van der Waals surface area contributed by atoms with Crippen LogP contribution in [0.25, 0.3) is 0 Å². The first kappa shape index (κ1) is 13.2. The lowest BCUT2D eigenvalue weighted by Crippen LogP contribution is -2.34. The number of para-hydroxylation sites is 1. The third-order valence-electron chi connectivity index (χ3n) is 1.47. The number of carbonyl (C=O) groups excluding carboxylic acids is 1. The molecule has 0 bridgehead atoms. The minimum absolute atomic E-state index is 0.0401. The van der Waals surface area contributed by atoms with Crippen molar-refractivity contribution in [3.05, 3.63) is 30.3 Å². The van der Waals surface area contributed by atoms with Gasteiger partial charge in [-0.2, -0.15) is 13.1 Å². The first-order valence-corrected chi connectivity index (χ1v) is 5.94. The lowest BCUT2D eigenvalue weighted by atomic mass is 10.3. The van der Waals surface area contributed by atoms with Crippen LogP contribution in [0, 0.1) is 0 Å². The van der Waals surface area contributed by atoms with E-state index in [1.54, 1.807) is 18.2 Å². The van der Waals surface area contributed by atoms with Crippen LogP contribution >= 0.6 is 0 Å². The molecule has 0 aromatic heterocycles. The van der Waals surface area contributed by atoms with Gasteiger partial charge in [0.15, 0.2) is 0 Å². The molecule has 1 N–H and O–H groups in total. The summed E-state index contributed by atoms with van der Waals surface area (Å²) in [4.78, 5) is 10.8. The fourth-order valence-electron chi connectivity index (χ4n) is 0.886. The van der Waals surface area contributed by atoms with Gasteiger partial charge in [-0.15, -0.1) is 0 Å². The number of carbonyl (C=O) groups is 1. The van der Waals surface area contributed by atoms with Gasteiger partial charge in [0.2, 0.25) is 0 Å². The van der Waals surface area contributed by atoms with Gasteiger partial charge in [-0.1, -0.05) is 18.2 Å². The second-order valence-corrected chi connectivity index (χ2v) is 4.06. The maximum atomic E-state index is 11.6. The molecule has 0 unspecified atom stereocenters. The average Bonchev–Trinajstić information content (AvgIpc) is 2.26. The molecule has 94 valence electrons. The van der Waals surface area contributed by atoms with Crippen LogP contribution in [0.3, 0.4) is 0 Å². The Bertz CT molecular complexity index is 462. The highest BCUT2D eigenvalue weighted by atomic mass is 32.2. The van der Waals surface area contributed by atoms with E-state index < -0.39 is 29.7 Å². The van der Waals surface area contributed by atoms with E-state index in [4.69, 9.17) is 0 Å². The van der Waals surface area contributed by atoms with Crippen LogP contribution in [0.15, 0.2) is 30.3 Å². The first-order valence-electron chi connectivity index (χ1n) is 4.53. The topological polar surface area (TPSA) is 81.7 Å². The third kappa shape index (κ3) is 5.16. The van der Waals surface area contributed by atoms with Crippen LogP contribution in [0.1, 0.15) is 0 Å². The molecule has 0 heterocycles. The van der Waals surface area contributed by atoms with Gasteiger partial charge < -0.3 is 8.92 Å². The molecular formula is C9H10FNO5S. The van der Waals surface area contributed by atoms with E-state index in [9.17, 15) is 17.6 Å². The standard InChI is InChI=1S/C9H10FNO5S/c10-6-7-15-9(12)11-17(13,14)16-8-4-2-1-3-5-8/h1-5H,6-7H2,(H,11,12). The lowest BCUT2D eigenvalue weighted by Gasteiger charge is -2.07. The molecule has 0 aliphatic heterocycles. The first-order chi connectivity index (χ1) is 8.03. The van der Waals surface area contributed by atoms with Crippen LogP contribution in [0.5, 0.6) is 5.75 Å². The molecule has 0 spiro atoms. The highest BCUT2D eigenvalue weighted by Gasteiger charge is 2.17. The van der Waals surface area contributed by atoms with Crippen LogP contribution in [0.4, 0.5) is 9.18 Å². The van der Waals surface area contributed by atoms with Crippen molar-refractivity contribution in [1.29, 1.82) is 0 Å². The third-order valence-corrected chi connectivity index (χ3v) is 2.30. The van der Waals surface area contributed by atoms with E-state index >= 15 is 0 Å². The predicted molar refractivity (Wildman–Crippen MR) is 56.4 cm³/mol. The number of hydrogen-bond acceptors (Lipinski definition) is 5. The maximum Gasteiger partial charge on any atom is 0.423 e. The van der Waals surface area contributed by atoms with E-state index in [0.29, 0.717) is 0 Å². The minimum atomic E-state index is -4.31. The van der Waals surface area contributed by atoms with Crippen molar-refractivity contribution in [3.63, 3.8) is 0 Å². The Morgan fingerprint density at radius 1 is 1.29 bits per heavy atom. The van der Waals surface area contributed by atoms with Crippen molar-refractivity contribution >= 4 is 16.4 Å². The molecule has 1 aromatic carbocycles. The molecule has 0 aliphatic rings. The summed E-state index contributed by atoms with van der Waals surface area (Å²) >= 11 is 0. The van der Waals surface area contributed by atoms with Crippen molar-refractivity contribution in [2.75, 3.05) is 13.3 Å². The quantitative estimate of drug-likeness (QED) is 0.857. The average molecular weight is 263 g/mol. The summed E-state index contributed by atoms with van der Waals surface area (Å²) in [5.41, 5.74) is 0. The van der Waals surface area contributed by atoms with E-state index in [1.807, 2.05) is 0 Å². The molecule has 0 saturated carbocycles. The molecule has 0 saturated heterocycles. The zero-order chi connectivity index (χ0) is 12.7. The summed E-state index contributed by atoms with van der Waals surface area (Å²) in [6, 6.07) is 7.58. The molecular weight excluding hydrogens is 253 g/mol. The van der Waals surface area contributed by atoms with Gasteiger partial charge in [0.05, 0.1) is 0 Å². The summed E-state index contributed by atoms with van der Waals surface area (Å²) in [6.45, 7) is -1.42. The van der Waals surface area contributed by atoms with Gasteiger partial charge >= 0.3 is 16.4 Å². The van der Waals surface area contributed by atoms with Gasteiger partial charge in [-0.25, -0.2) is 9.18 Å². The Balaban J connectivity index is 2.55. The second kappa shape index (κ2) is 6.04. The van der Waals surface area contributed by atoms with E-state index in [1.165, 1.54) is 16.9 Å². The zero-order valence-corrected chi connectivity index (χ0v) is 9.44. The zero-order valence-electron chi connectivity index (χ0n) is 8.63. The number of benzene rings is 1. The van der Waals surface area contributed by atoms with Gasteiger partial charge in [-0.05, 0) is 12.1 Å². The number of ether oxygens (including phenoxy) is 1. The Kier molecular flexibility index (Phi) is 4.70. The van der Waals surface area contributed by atoms with E-state index in [2.05, 4.69) is 8.92 Å². The van der Waals surface area contributed by atoms with Gasteiger partial charge in [0, 0.05) is 0 Å². The Morgan fingerprint density at radius 3 is 2.53 bits per heavy atom. The number of amides is 1. The number of alkyl halides is 1. The minimum Gasteiger partial charge on any atom is -0.446 e. The van der Waals surface area contributed by atoms with Crippen molar-refractivity contribution in [3.8, 4) is 5.75 Å².